The summed E-state index contributed by atoms with van der Waals surface area (Å²) in [5.74, 6) is 0.736. The molecule has 2 N–H and O–H groups in total. The van der Waals surface area contributed by atoms with Crippen LogP contribution in [-0.2, 0) is 0 Å². The van der Waals surface area contributed by atoms with E-state index in [1.807, 2.05) is 0 Å². The highest BCUT2D eigenvalue weighted by Gasteiger charge is 2.23. The third kappa shape index (κ3) is 5.08. The highest BCUT2D eigenvalue weighted by Crippen LogP contribution is 2.25. The molecule has 128 valence electrons. The Hall–Kier alpha value is -0.820. The molecule has 0 aromatic heterocycles. The van der Waals surface area contributed by atoms with Gasteiger partial charge in [-0.1, -0.05) is 30.3 Å². The second-order valence-corrected chi connectivity index (χ2v) is 6.42. The van der Waals surface area contributed by atoms with Gasteiger partial charge in [-0.2, -0.15) is 0 Å². The minimum absolute atomic E-state index is 0. The molecule has 5 heteroatoms. The molecule has 4 nitrogen and oxygen atoms in total. The summed E-state index contributed by atoms with van der Waals surface area (Å²) < 4.78 is 0. The third-order valence-corrected chi connectivity index (χ3v) is 4.87. The third-order valence-electron chi connectivity index (χ3n) is 4.87. The zero-order chi connectivity index (χ0) is 15.2. The van der Waals surface area contributed by atoms with E-state index in [0.29, 0.717) is 6.04 Å². The van der Waals surface area contributed by atoms with E-state index in [1.165, 1.54) is 50.8 Å². The molecule has 3 rings (SSSR count). The van der Waals surface area contributed by atoms with E-state index in [2.05, 4.69) is 40.1 Å². The fraction of sp³-hybridized carbons (Fsp3) is 0.611. The first-order valence-electron chi connectivity index (χ1n) is 8.68. The molecule has 0 spiro atoms. The average Bonchev–Trinajstić information content (AvgIpc) is 3.11. The Kier molecular flexibility index (Phi) is 7.62. The van der Waals surface area contributed by atoms with Gasteiger partial charge in [-0.05, 0) is 50.8 Å². The van der Waals surface area contributed by atoms with Gasteiger partial charge in [0, 0.05) is 13.1 Å². The number of guanidine groups is 1. The zero-order valence-electron chi connectivity index (χ0n) is 13.9. The molecule has 1 unspecified atom stereocenters. The Morgan fingerprint density at radius 2 is 1.57 bits per heavy atom. The van der Waals surface area contributed by atoms with Crippen LogP contribution < -0.4 is 5.73 Å². The van der Waals surface area contributed by atoms with E-state index in [9.17, 15) is 0 Å². The fourth-order valence-electron chi connectivity index (χ4n) is 3.56. The van der Waals surface area contributed by atoms with Crippen LogP contribution in [0.3, 0.4) is 0 Å². The van der Waals surface area contributed by atoms with Crippen LogP contribution in [0.4, 0.5) is 0 Å². The lowest BCUT2D eigenvalue weighted by Gasteiger charge is -2.29. The largest absolute Gasteiger partial charge is 0.370 e. The lowest BCUT2D eigenvalue weighted by Crippen LogP contribution is -2.41. The highest BCUT2D eigenvalue weighted by atomic mass is 127. The molecular formula is C18H29IN4. The van der Waals surface area contributed by atoms with Gasteiger partial charge in [-0.3, -0.25) is 9.89 Å². The van der Waals surface area contributed by atoms with Gasteiger partial charge in [0.25, 0.3) is 0 Å². The summed E-state index contributed by atoms with van der Waals surface area (Å²) in [6.45, 7) is 5.26. The zero-order valence-corrected chi connectivity index (χ0v) is 16.2. The first-order valence-corrected chi connectivity index (χ1v) is 8.68. The molecule has 2 aliphatic heterocycles. The summed E-state index contributed by atoms with van der Waals surface area (Å²) in [5, 5.41) is 0. The summed E-state index contributed by atoms with van der Waals surface area (Å²) in [4.78, 5) is 9.55. The fourth-order valence-corrected chi connectivity index (χ4v) is 3.56. The van der Waals surface area contributed by atoms with Crippen molar-refractivity contribution in [3.05, 3.63) is 35.9 Å². The van der Waals surface area contributed by atoms with Crippen LogP contribution >= 0.6 is 24.0 Å². The number of piperidine rings is 1. The summed E-state index contributed by atoms with van der Waals surface area (Å²) in [6.07, 6.45) is 6.41. The van der Waals surface area contributed by atoms with Crippen molar-refractivity contribution in [3.8, 4) is 0 Å². The maximum absolute atomic E-state index is 6.23. The van der Waals surface area contributed by atoms with Crippen LogP contribution in [0.15, 0.2) is 35.3 Å². The van der Waals surface area contributed by atoms with E-state index < -0.39 is 0 Å². The molecule has 2 heterocycles. The molecule has 2 saturated heterocycles. The van der Waals surface area contributed by atoms with Gasteiger partial charge in [-0.15, -0.1) is 24.0 Å². The predicted molar refractivity (Wildman–Crippen MR) is 107 cm³/mol. The number of likely N-dealkylation sites (tertiary alicyclic amines) is 2. The van der Waals surface area contributed by atoms with Gasteiger partial charge in [0.15, 0.2) is 5.96 Å². The van der Waals surface area contributed by atoms with Crippen LogP contribution in [0.1, 0.15) is 43.7 Å². The number of hydrogen-bond donors (Lipinski definition) is 1. The van der Waals surface area contributed by atoms with Crippen molar-refractivity contribution in [2.75, 3.05) is 32.7 Å². The van der Waals surface area contributed by atoms with Crippen molar-refractivity contribution in [1.82, 2.24) is 9.80 Å². The molecule has 23 heavy (non-hydrogen) atoms. The van der Waals surface area contributed by atoms with Gasteiger partial charge >= 0.3 is 0 Å². The number of aliphatic imine (C=N–C) groups is 1. The molecule has 2 fully saturated rings. The van der Waals surface area contributed by atoms with Crippen molar-refractivity contribution >= 4 is 29.9 Å². The summed E-state index contributed by atoms with van der Waals surface area (Å²) >= 11 is 0. The van der Waals surface area contributed by atoms with Gasteiger partial charge in [0.05, 0.1) is 12.6 Å². The van der Waals surface area contributed by atoms with Crippen molar-refractivity contribution < 1.29 is 0 Å². The summed E-state index contributed by atoms with van der Waals surface area (Å²) in [7, 11) is 0. The van der Waals surface area contributed by atoms with Crippen LogP contribution in [0.2, 0.25) is 0 Å². The first-order chi connectivity index (χ1) is 10.8. The lowest BCUT2D eigenvalue weighted by atomic mass is 10.1. The molecule has 0 saturated carbocycles. The van der Waals surface area contributed by atoms with Crippen molar-refractivity contribution in [2.45, 2.75) is 38.1 Å². The number of benzene rings is 1. The predicted octanol–water partition coefficient (Wildman–Crippen LogP) is 3.24. The van der Waals surface area contributed by atoms with E-state index >= 15 is 0 Å². The maximum Gasteiger partial charge on any atom is 0.191 e. The normalized spacial score (nSPS) is 21.0. The smallest absolute Gasteiger partial charge is 0.191 e. The second kappa shape index (κ2) is 9.47. The van der Waals surface area contributed by atoms with E-state index in [0.717, 1.165) is 25.6 Å². The molecule has 0 amide bonds. The topological polar surface area (TPSA) is 44.9 Å². The molecule has 0 radical (unpaired) electrons. The monoisotopic (exact) mass is 428 g/mol. The Balaban J connectivity index is 0.00000192. The number of nitrogens with zero attached hydrogens (tertiary/aromatic N) is 3. The van der Waals surface area contributed by atoms with E-state index in [-0.39, 0.29) is 24.0 Å². The van der Waals surface area contributed by atoms with Gasteiger partial charge in [0.2, 0.25) is 0 Å². The Bertz CT molecular complexity index is 479. The summed E-state index contributed by atoms with van der Waals surface area (Å²) in [6, 6.07) is 11.1. The first kappa shape index (κ1) is 18.5. The number of halogens is 1. The molecule has 1 atom stereocenters. The van der Waals surface area contributed by atoms with Gasteiger partial charge in [0.1, 0.15) is 0 Å². The molecule has 1 aromatic rings. The minimum atomic E-state index is 0. The van der Waals surface area contributed by atoms with Crippen LogP contribution in [0.25, 0.3) is 0 Å². The Morgan fingerprint density at radius 3 is 2.22 bits per heavy atom. The molecule has 0 aliphatic carbocycles. The van der Waals surface area contributed by atoms with Crippen LogP contribution in [0, 0.1) is 0 Å². The average molecular weight is 428 g/mol. The van der Waals surface area contributed by atoms with E-state index in [1.54, 1.807) is 0 Å². The standard InChI is InChI=1S/C18H28N4.HI/c19-18(22-13-5-2-6-14-22)20-15-17(21-11-7-8-12-21)16-9-3-1-4-10-16;/h1,3-4,9-10,17H,2,5-8,11-15H2,(H2,19,20);1H. The highest BCUT2D eigenvalue weighted by molar-refractivity contribution is 14.0. The van der Waals surface area contributed by atoms with Crippen molar-refractivity contribution in [2.24, 2.45) is 10.7 Å². The second-order valence-electron chi connectivity index (χ2n) is 6.42. The SMILES string of the molecule is I.NC(=NCC(c1ccccc1)N1CCCC1)N1CCCCC1. The maximum atomic E-state index is 6.23. The Morgan fingerprint density at radius 1 is 0.957 bits per heavy atom. The molecule has 1 aromatic carbocycles. The number of nitrogens with two attached hydrogens (primary N) is 1. The van der Waals surface area contributed by atoms with E-state index in [4.69, 9.17) is 10.7 Å². The van der Waals surface area contributed by atoms with Gasteiger partial charge < -0.3 is 10.6 Å². The number of rotatable bonds is 4. The van der Waals surface area contributed by atoms with Crippen molar-refractivity contribution in [1.29, 1.82) is 0 Å². The lowest BCUT2D eigenvalue weighted by molar-refractivity contribution is 0.250. The Labute approximate surface area is 157 Å². The molecule has 2 aliphatic rings. The molecule has 0 bridgehead atoms. The van der Waals surface area contributed by atoms with Crippen LogP contribution in [-0.4, -0.2) is 48.5 Å². The number of hydrogen-bond acceptors (Lipinski definition) is 2. The van der Waals surface area contributed by atoms with Crippen molar-refractivity contribution in [3.63, 3.8) is 0 Å². The summed E-state index contributed by atoms with van der Waals surface area (Å²) in [5.41, 5.74) is 7.59. The van der Waals surface area contributed by atoms with Crippen LogP contribution in [0.5, 0.6) is 0 Å². The minimum Gasteiger partial charge on any atom is -0.370 e. The molecular weight excluding hydrogens is 399 g/mol. The van der Waals surface area contributed by atoms with Gasteiger partial charge in [-0.25, -0.2) is 0 Å². The quantitative estimate of drug-likeness (QED) is 0.455.